The molecule has 5 rings (SSSR count). The van der Waals surface area contributed by atoms with E-state index in [0.717, 1.165) is 0 Å². The molecule has 3 atom stereocenters. The average molecular weight is 540 g/mol. The summed E-state index contributed by atoms with van der Waals surface area (Å²) >= 11 is 0. The van der Waals surface area contributed by atoms with Crippen molar-refractivity contribution in [1.29, 1.82) is 0 Å². The molecule has 4 N–H and O–H groups in total. The molecule has 0 aliphatic heterocycles. The van der Waals surface area contributed by atoms with Crippen molar-refractivity contribution < 1.29 is 19.7 Å². The van der Waals surface area contributed by atoms with Crippen molar-refractivity contribution >= 4 is 11.5 Å². The van der Waals surface area contributed by atoms with Crippen LogP contribution in [0.2, 0.25) is 0 Å². The monoisotopic (exact) mass is 539 g/mol. The molecule has 0 fully saturated rings. The summed E-state index contributed by atoms with van der Waals surface area (Å²) < 4.78 is 6.75. The van der Waals surface area contributed by atoms with Crippen molar-refractivity contribution in [3.05, 3.63) is 103 Å². The fraction of sp³-hybridized carbons (Fsp3) is 0.222. The van der Waals surface area contributed by atoms with Crippen molar-refractivity contribution in [2.45, 2.75) is 31.3 Å². The Morgan fingerprint density at radius 3 is 2.52 bits per heavy atom. The molecule has 202 valence electrons. The van der Waals surface area contributed by atoms with E-state index in [-0.39, 0.29) is 19.6 Å². The lowest BCUT2D eigenvalue weighted by atomic mass is 9.71. The molecule has 1 aliphatic rings. The zero-order valence-electron chi connectivity index (χ0n) is 21.1. The van der Waals surface area contributed by atoms with E-state index < -0.39 is 23.5 Å². The Hall–Kier alpha value is -4.85. The summed E-state index contributed by atoms with van der Waals surface area (Å²) in [5, 5.41) is 19.1. The number of hydrogen-bond donors (Lipinski definition) is 3. The van der Waals surface area contributed by atoms with Crippen LogP contribution in [0.1, 0.15) is 29.2 Å². The number of rotatable bonds is 10. The molecule has 1 aliphatic carbocycles. The van der Waals surface area contributed by atoms with Gasteiger partial charge in [-0.05, 0) is 24.6 Å². The number of aliphatic hydroxyl groups excluding tert-OH is 1. The SMILES string of the molecule is NC(CC1C=CC=C(c2ccncn2)C1(OCc1ccnc(-c2cncc(CO)n2)n1)c1ccncn1)C(=O)O. The first-order valence-electron chi connectivity index (χ1n) is 12.3. The Labute approximate surface area is 228 Å². The quantitative estimate of drug-likeness (QED) is 0.262. The number of aromatic nitrogens is 8. The number of allylic oxidation sites excluding steroid dienone is 2. The van der Waals surface area contributed by atoms with Crippen LogP contribution in [0.3, 0.4) is 0 Å². The van der Waals surface area contributed by atoms with E-state index in [0.29, 0.717) is 39.9 Å². The number of carboxylic acids is 1. The van der Waals surface area contributed by atoms with Crippen molar-refractivity contribution in [2.75, 3.05) is 0 Å². The van der Waals surface area contributed by atoms with Crippen LogP contribution in [0.15, 0.2) is 80.1 Å². The minimum absolute atomic E-state index is 0.0122. The number of nitrogens with two attached hydrogens (primary N) is 1. The third-order valence-corrected chi connectivity index (χ3v) is 6.41. The first-order valence-corrected chi connectivity index (χ1v) is 12.3. The van der Waals surface area contributed by atoms with Gasteiger partial charge in [0.15, 0.2) is 5.82 Å². The maximum atomic E-state index is 11.8. The highest BCUT2D eigenvalue weighted by Crippen LogP contribution is 2.49. The summed E-state index contributed by atoms with van der Waals surface area (Å²) in [6.45, 7) is -0.279. The lowest BCUT2D eigenvalue weighted by Gasteiger charge is -2.42. The van der Waals surface area contributed by atoms with E-state index >= 15 is 0 Å². The predicted octanol–water partition coefficient (Wildman–Crippen LogP) is 1.49. The summed E-state index contributed by atoms with van der Waals surface area (Å²) in [7, 11) is 0. The fourth-order valence-electron chi connectivity index (χ4n) is 4.56. The van der Waals surface area contributed by atoms with Crippen LogP contribution in [-0.2, 0) is 28.3 Å². The molecule has 0 bridgehead atoms. The summed E-state index contributed by atoms with van der Waals surface area (Å²) in [4.78, 5) is 46.2. The second-order valence-corrected chi connectivity index (χ2v) is 8.89. The van der Waals surface area contributed by atoms with Gasteiger partial charge in [-0.15, -0.1) is 0 Å². The maximum absolute atomic E-state index is 11.8. The second kappa shape index (κ2) is 11.9. The molecule has 4 heterocycles. The highest BCUT2D eigenvalue weighted by Gasteiger charge is 2.48. The molecule has 0 aromatic carbocycles. The van der Waals surface area contributed by atoms with Crippen molar-refractivity contribution in [3.8, 4) is 11.5 Å². The number of aliphatic carboxylic acids is 1. The third-order valence-electron chi connectivity index (χ3n) is 6.41. The molecular formula is C27H25N9O4. The van der Waals surface area contributed by atoms with E-state index in [9.17, 15) is 15.0 Å². The number of nitrogens with zero attached hydrogens (tertiary/aromatic N) is 8. The van der Waals surface area contributed by atoms with Gasteiger partial charge in [-0.2, -0.15) is 0 Å². The van der Waals surface area contributed by atoms with E-state index in [1.54, 1.807) is 36.8 Å². The zero-order valence-corrected chi connectivity index (χ0v) is 21.1. The molecule has 0 saturated carbocycles. The Kier molecular flexibility index (Phi) is 7.96. The van der Waals surface area contributed by atoms with Gasteiger partial charge in [-0.1, -0.05) is 18.2 Å². The van der Waals surface area contributed by atoms with Crippen molar-refractivity contribution in [3.63, 3.8) is 0 Å². The van der Waals surface area contributed by atoms with Crippen LogP contribution < -0.4 is 5.73 Å². The molecule has 13 heteroatoms. The topological polar surface area (TPSA) is 196 Å². The van der Waals surface area contributed by atoms with E-state index in [2.05, 4.69) is 39.9 Å². The molecule has 13 nitrogen and oxygen atoms in total. The standard InChI is InChI=1S/C27H25N9O4/c28-21(26(38)39)10-17-2-1-3-20(22-5-7-29-15-33-22)27(17,24-6-8-30-16-34-24)40-14-18-4-9-32-25(36-18)23-12-31-11-19(13-37)35-23/h1-9,11-12,15-17,21,37H,10,13-14,28H2,(H,38,39). The molecule has 4 aromatic rings. The lowest BCUT2D eigenvalue weighted by molar-refractivity contribution is -0.139. The van der Waals surface area contributed by atoms with Gasteiger partial charge in [-0.3, -0.25) is 9.78 Å². The van der Waals surface area contributed by atoms with Gasteiger partial charge in [0.1, 0.15) is 30.0 Å². The van der Waals surface area contributed by atoms with E-state index in [1.807, 2.05) is 18.2 Å². The smallest absolute Gasteiger partial charge is 0.320 e. The van der Waals surface area contributed by atoms with Crippen LogP contribution in [-0.4, -0.2) is 62.1 Å². The van der Waals surface area contributed by atoms with Crippen LogP contribution >= 0.6 is 0 Å². The molecule has 0 spiro atoms. The predicted molar refractivity (Wildman–Crippen MR) is 140 cm³/mol. The van der Waals surface area contributed by atoms with Gasteiger partial charge >= 0.3 is 5.97 Å². The van der Waals surface area contributed by atoms with Crippen LogP contribution in [0.4, 0.5) is 0 Å². The molecule has 0 amide bonds. The molecule has 0 radical (unpaired) electrons. The highest BCUT2D eigenvalue weighted by atomic mass is 16.5. The number of ether oxygens (including phenoxy) is 1. The maximum Gasteiger partial charge on any atom is 0.320 e. The van der Waals surface area contributed by atoms with Gasteiger partial charge < -0.3 is 20.7 Å². The Bertz CT molecular complexity index is 1540. The van der Waals surface area contributed by atoms with Gasteiger partial charge in [0.2, 0.25) is 0 Å². The third kappa shape index (κ3) is 5.47. The summed E-state index contributed by atoms with van der Waals surface area (Å²) in [6.07, 6.45) is 16.2. The lowest BCUT2D eigenvalue weighted by Crippen LogP contribution is -2.45. The second-order valence-electron chi connectivity index (χ2n) is 8.89. The largest absolute Gasteiger partial charge is 0.480 e. The van der Waals surface area contributed by atoms with Gasteiger partial charge in [0.05, 0.1) is 48.4 Å². The summed E-state index contributed by atoms with van der Waals surface area (Å²) in [6, 6.07) is 4.00. The molecule has 3 unspecified atom stereocenters. The fourth-order valence-corrected chi connectivity index (χ4v) is 4.56. The Balaban J connectivity index is 1.58. The van der Waals surface area contributed by atoms with Gasteiger partial charge in [-0.25, -0.2) is 34.9 Å². The minimum atomic E-state index is -1.30. The Morgan fingerprint density at radius 1 is 0.975 bits per heavy atom. The van der Waals surface area contributed by atoms with E-state index in [1.165, 1.54) is 25.0 Å². The summed E-state index contributed by atoms with van der Waals surface area (Å²) in [5.74, 6) is -1.37. The number of carbonyl (C=O) groups is 1. The van der Waals surface area contributed by atoms with Gasteiger partial charge in [0.25, 0.3) is 0 Å². The first-order chi connectivity index (χ1) is 19.5. The van der Waals surface area contributed by atoms with E-state index in [4.69, 9.17) is 10.5 Å². The molecule has 0 saturated heterocycles. The minimum Gasteiger partial charge on any atom is -0.480 e. The normalized spacial score (nSPS) is 19.1. The van der Waals surface area contributed by atoms with Crippen molar-refractivity contribution in [1.82, 2.24) is 39.9 Å². The van der Waals surface area contributed by atoms with Crippen molar-refractivity contribution in [2.24, 2.45) is 11.7 Å². The first kappa shape index (κ1) is 26.7. The molecular weight excluding hydrogens is 514 g/mol. The number of hydrogen-bond acceptors (Lipinski definition) is 12. The van der Waals surface area contributed by atoms with Crippen LogP contribution in [0, 0.1) is 5.92 Å². The van der Waals surface area contributed by atoms with Gasteiger partial charge in [0, 0.05) is 30.1 Å². The Morgan fingerprint density at radius 2 is 1.80 bits per heavy atom. The average Bonchev–Trinajstić information content (AvgIpc) is 3.01. The number of aliphatic hydroxyl groups is 1. The van der Waals surface area contributed by atoms with Crippen LogP contribution in [0.5, 0.6) is 0 Å². The zero-order chi connectivity index (χ0) is 28.0. The van der Waals surface area contributed by atoms with Crippen LogP contribution in [0.25, 0.3) is 17.1 Å². The molecule has 4 aromatic heterocycles. The molecule has 40 heavy (non-hydrogen) atoms. The number of carboxylic acid groups (broad SMARTS) is 1. The highest BCUT2D eigenvalue weighted by molar-refractivity contribution is 5.76. The summed E-state index contributed by atoms with van der Waals surface area (Å²) in [5.41, 5.74) is 7.74.